The van der Waals surface area contributed by atoms with E-state index in [9.17, 15) is 13.2 Å². The Morgan fingerprint density at radius 3 is 2.69 bits per heavy atom. The Balaban J connectivity index is 1.71. The maximum absolute atomic E-state index is 12.5. The van der Waals surface area contributed by atoms with Gasteiger partial charge in [-0.25, -0.2) is 8.42 Å². The van der Waals surface area contributed by atoms with Crippen LogP contribution in [0.5, 0.6) is 0 Å². The summed E-state index contributed by atoms with van der Waals surface area (Å²) in [4.78, 5) is 12.5. The predicted molar refractivity (Wildman–Crippen MR) is 104 cm³/mol. The summed E-state index contributed by atoms with van der Waals surface area (Å²) in [5.74, 6) is -0.285. The number of hydrogen-bond donors (Lipinski definition) is 1. The summed E-state index contributed by atoms with van der Waals surface area (Å²) in [5.41, 5.74) is 2.45. The molecule has 0 aliphatic heterocycles. The van der Waals surface area contributed by atoms with E-state index >= 15 is 0 Å². The number of likely N-dealkylation sites (N-methyl/N-ethyl adjacent to an activating group) is 1. The molecule has 2 aromatic rings. The van der Waals surface area contributed by atoms with Crippen LogP contribution in [0.15, 0.2) is 46.0 Å². The minimum atomic E-state index is -3.62. The van der Waals surface area contributed by atoms with Crippen molar-refractivity contribution >= 4 is 27.3 Å². The van der Waals surface area contributed by atoms with Crippen molar-refractivity contribution in [1.82, 2.24) is 9.62 Å². The molecule has 0 bridgehead atoms. The summed E-state index contributed by atoms with van der Waals surface area (Å²) in [6, 6.07) is 11.3. The topological polar surface area (TPSA) is 66.5 Å². The summed E-state index contributed by atoms with van der Waals surface area (Å²) < 4.78 is 26.3. The molecule has 1 N–H and O–H groups in total. The first-order valence-electron chi connectivity index (χ1n) is 8.60. The zero-order chi connectivity index (χ0) is 18.9. The minimum Gasteiger partial charge on any atom is -0.348 e. The van der Waals surface area contributed by atoms with E-state index in [1.807, 2.05) is 18.2 Å². The van der Waals surface area contributed by atoms with E-state index in [4.69, 9.17) is 0 Å². The number of thiophene rings is 1. The molecule has 0 saturated carbocycles. The zero-order valence-corrected chi connectivity index (χ0v) is 16.9. The smallest absolute Gasteiger partial charge is 0.252 e. The van der Waals surface area contributed by atoms with Crippen LogP contribution >= 0.6 is 11.3 Å². The maximum Gasteiger partial charge on any atom is 0.252 e. The highest BCUT2D eigenvalue weighted by Gasteiger charge is 2.33. The molecule has 0 unspecified atom stereocenters. The van der Waals surface area contributed by atoms with Gasteiger partial charge in [0, 0.05) is 7.05 Å². The van der Waals surface area contributed by atoms with Crippen LogP contribution in [0.3, 0.4) is 0 Å². The van der Waals surface area contributed by atoms with Crippen molar-refractivity contribution in [2.45, 2.75) is 42.4 Å². The standard InChI is InChI=1S/C19H24N2O3S2/c1-19(2)11-10-16(14-7-4-5-8-15(14)19)20-17(22)13-21(3)26(23,24)18-9-6-12-25-18/h4-9,12,16H,10-11,13H2,1-3H3,(H,20,22)/t16-/m0/s1. The highest BCUT2D eigenvalue weighted by atomic mass is 32.2. The zero-order valence-electron chi connectivity index (χ0n) is 15.2. The van der Waals surface area contributed by atoms with Crippen molar-refractivity contribution in [3.8, 4) is 0 Å². The van der Waals surface area contributed by atoms with Crippen molar-refractivity contribution in [2.24, 2.45) is 0 Å². The second-order valence-electron chi connectivity index (χ2n) is 7.32. The largest absolute Gasteiger partial charge is 0.348 e. The SMILES string of the molecule is CN(CC(=O)N[C@H]1CCC(C)(C)c2ccccc21)S(=O)(=O)c1cccs1. The van der Waals surface area contributed by atoms with Crippen molar-refractivity contribution < 1.29 is 13.2 Å². The highest BCUT2D eigenvalue weighted by Crippen LogP contribution is 2.41. The third-order valence-electron chi connectivity index (χ3n) is 4.98. The Hall–Kier alpha value is -1.70. The Morgan fingerprint density at radius 2 is 2.00 bits per heavy atom. The molecule has 7 heteroatoms. The van der Waals surface area contributed by atoms with Gasteiger partial charge in [-0.2, -0.15) is 4.31 Å². The van der Waals surface area contributed by atoms with Crippen LogP contribution in [0.25, 0.3) is 0 Å². The summed E-state index contributed by atoms with van der Waals surface area (Å²) in [5, 5.41) is 4.73. The van der Waals surface area contributed by atoms with Crippen LogP contribution in [0.1, 0.15) is 43.9 Å². The molecule has 0 fully saturated rings. The van der Waals surface area contributed by atoms with Crippen molar-refractivity contribution in [1.29, 1.82) is 0 Å². The van der Waals surface area contributed by atoms with Gasteiger partial charge in [-0.3, -0.25) is 4.79 Å². The Labute approximate surface area is 159 Å². The molecule has 1 amide bonds. The van der Waals surface area contributed by atoms with E-state index in [-0.39, 0.29) is 28.1 Å². The third-order valence-corrected chi connectivity index (χ3v) is 8.16. The van der Waals surface area contributed by atoms with Gasteiger partial charge in [0.2, 0.25) is 5.91 Å². The van der Waals surface area contributed by atoms with Gasteiger partial charge in [-0.05, 0) is 40.8 Å². The first-order chi connectivity index (χ1) is 12.2. The van der Waals surface area contributed by atoms with E-state index in [0.717, 1.165) is 34.0 Å². The normalized spacial score (nSPS) is 19.2. The molecule has 0 spiro atoms. The molecule has 0 saturated heterocycles. The van der Waals surface area contributed by atoms with Crippen LogP contribution < -0.4 is 5.32 Å². The van der Waals surface area contributed by atoms with Crippen LogP contribution in [-0.2, 0) is 20.2 Å². The summed E-state index contributed by atoms with van der Waals surface area (Å²) >= 11 is 1.15. The molecule has 1 aromatic carbocycles. The van der Waals surface area contributed by atoms with Gasteiger partial charge >= 0.3 is 0 Å². The van der Waals surface area contributed by atoms with E-state index in [2.05, 4.69) is 25.2 Å². The Kier molecular flexibility index (Phi) is 5.23. The van der Waals surface area contributed by atoms with Crippen molar-refractivity contribution in [3.05, 3.63) is 52.9 Å². The molecule has 1 aliphatic rings. The molecule has 140 valence electrons. The van der Waals surface area contributed by atoms with Gasteiger partial charge in [0.15, 0.2) is 0 Å². The molecule has 5 nitrogen and oxygen atoms in total. The Bertz CT molecular complexity index is 889. The van der Waals surface area contributed by atoms with E-state index in [0.29, 0.717) is 0 Å². The van der Waals surface area contributed by atoms with Gasteiger partial charge in [0.25, 0.3) is 10.0 Å². The quantitative estimate of drug-likeness (QED) is 0.849. The highest BCUT2D eigenvalue weighted by molar-refractivity contribution is 7.91. The number of fused-ring (bicyclic) bond motifs is 1. The molecular formula is C19H24N2O3S2. The fourth-order valence-corrected chi connectivity index (χ4v) is 5.78. The Morgan fingerprint density at radius 1 is 1.27 bits per heavy atom. The number of rotatable bonds is 5. The summed E-state index contributed by atoms with van der Waals surface area (Å²) in [7, 11) is -2.18. The summed E-state index contributed by atoms with van der Waals surface area (Å²) in [6.07, 6.45) is 1.81. The molecular weight excluding hydrogens is 368 g/mol. The second-order valence-corrected chi connectivity index (χ2v) is 10.5. The molecule has 3 rings (SSSR count). The number of carbonyl (C=O) groups is 1. The average Bonchev–Trinajstić information content (AvgIpc) is 3.13. The molecule has 1 atom stereocenters. The number of hydrogen-bond acceptors (Lipinski definition) is 4. The fourth-order valence-electron chi connectivity index (χ4n) is 3.45. The maximum atomic E-state index is 12.5. The molecule has 1 heterocycles. The number of carbonyl (C=O) groups excluding carboxylic acids is 1. The molecule has 26 heavy (non-hydrogen) atoms. The van der Waals surface area contributed by atoms with E-state index in [1.165, 1.54) is 12.6 Å². The molecule has 1 aromatic heterocycles. The lowest BCUT2D eigenvalue weighted by atomic mass is 9.71. The average molecular weight is 393 g/mol. The van der Waals surface area contributed by atoms with Crippen LogP contribution in [0.2, 0.25) is 0 Å². The number of sulfonamides is 1. The predicted octanol–water partition coefficient (Wildman–Crippen LogP) is 3.30. The van der Waals surface area contributed by atoms with Gasteiger partial charge in [-0.15, -0.1) is 11.3 Å². The van der Waals surface area contributed by atoms with Gasteiger partial charge in [0.1, 0.15) is 4.21 Å². The van der Waals surface area contributed by atoms with E-state index < -0.39 is 10.0 Å². The first kappa shape index (κ1) is 19.1. The summed E-state index contributed by atoms with van der Waals surface area (Å²) in [6.45, 7) is 4.23. The van der Waals surface area contributed by atoms with E-state index in [1.54, 1.807) is 17.5 Å². The van der Waals surface area contributed by atoms with Crippen LogP contribution in [-0.4, -0.2) is 32.2 Å². The van der Waals surface area contributed by atoms with Gasteiger partial charge < -0.3 is 5.32 Å². The fraction of sp³-hybridized carbons (Fsp3) is 0.421. The lowest BCUT2D eigenvalue weighted by Crippen LogP contribution is -2.41. The van der Waals surface area contributed by atoms with Gasteiger partial charge in [0.05, 0.1) is 12.6 Å². The van der Waals surface area contributed by atoms with Crippen LogP contribution in [0, 0.1) is 0 Å². The molecule has 1 aliphatic carbocycles. The van der Waals surface area contributed by atoms with Crippen molar-refractivity contribution in [3.63, 3.8) is 0 Å². The lowest BCUT2D eigenvalue weighted by molar-refractivity contribution is -0.122. The lowest BCUT2D eigenvalue weighted by Gasteiger charge is -2.37. The first-order valence-corrected chi connectivity index (χ1v) is 10.9. The number of nitrogens with zero attached hydrogens (tertiary/aromatic N) is 1. The molecule has 0 radical (unpaired) electrons. The van der Waals surface area contributed by atoms with Crippen LogP contribution in [0.4, 0.5) is 0 Å². The van der Waals surface area contributed by atoms with Crippen molar-refractivity contribution in [2.75, 3.05) is 13.6 Å². The third kappa shape index (κ3) is 3.70. The number of amides is 1. The second kappa shape index (κ2) is 7.13. The minimum absolute atomic E-state index is 0.0791. The number of nitrogens with one attached hydrogen (secondary N) is 1. The van der Waals surface area contributed by atoms with Gasteiger partial charge in [-0.1, -0.05) is 44.2 Å². The monoisotopic (exact) mass is 392 g/mol. The number of benzene rings is 1.